The summed E-state index contributed by atoms with van der Waals surface area (Å²) in [5.74, 6) is -1.63. The lowest BCUT2D eigenvalue weighted by molar-refractivity contribution is -0.120. The summed E-state index contributed by atoms with van der Waals surface area (Å²) in [4.78, 5) is 11.6. The summed E-state index contributed by atoms with van der Waals surface area (Å²) in [5.41, 5.74) is 6.27. The van der Waals surface area contributed by atoms with Crippen molar-refractivity contribution in [3.63, 3.8) is 0 Å². The Labute approximate surface area is 112 Å². The molecule has 5 heteroatoms. The van der Waals surface area contributed by atoms with E-state index in [1.54, 1.807) is 0 Å². The van der Waals surface area contributed by atoms with Gasteiger partial charge in [0, 0.05) is 12.6 Å². The Bertz CT molecular complexity index is 435. The first kappa shape index (κ1) is 15.6. The lowest BCUT2D eigenvalue weighted by Crippen LogP contribution is -2.38. The van der Waals surface area contributed by atoms with Crippen molar-refractivity contribution < 1.29 is 13.6 Å². The van der Waals surface area contributed by atoms with Gasteiger partial charge in [0.25, 0.3) is 0 Å². The molecule has 1 aromatic rings. The van der Waals surface area contributed by atoms with Gasteiger partial charge >= 0.3 is 0 Å². The third-order valence-electron chi connectivity index (χ3n) is 2.68. The molecule has 0 bridgehead atoms. The highest BCUT2D eigenvalue weighted by atomic mass is 19.2. The summed E-state index contributed by atoms with van der Waals surface area (Å²) in [5, 5.41) is 2.69. The van der Waals surface area contributed by atoms with Crippen LogP contribution in [0.15, 0.2) is 18.2 Å². The zero-order valence-electron chi connectivity index (χ0n) is 11.2. The first-order chi connectivity index (χ1) is 8.88. The SMILES string of the molecule is CC(C)CC(N)CNC(=O)Cc1ccc(F)c(F)c1. The van der Waals surface area contributed by atoms with Gasteiger partial charge in [-0.15, -0.1) is 0 Å². The summed E-state index contributed by atoms with van der Waals surface area (Å²) in [6.45, 7) is 4.51. The Hall–Kier alpha value is -1.49. The van der Waals surface area contributed by atoms with Gasteiger partial charge < -0.3 is 11.1 Å². The summed E-state index contributed by atoms with van der Waals surface area (Å²) < 4.78 is 25.7. The molecule has 19 heavy (non-hydrogen) atoms. The second-order valence-electron chi connectivity index (χ2n) is 5.12. The van der Waals surface area contributed by atoms with Gasteiger partial charge in [-0.1, -0.05) is 19.9 Å². The number of rotatable bonds is 6. The maximum atomic E-state index is 13.0. The quantitative estimate of drug-likeness (QED) is 0.830. The fourth-order valence-corrected chi connectivity index (χ4v) is 1.83. The molecule has 0 saturated heterocycles. The Morgan fingerprint density at radius 2 is 2.00 bits per heavy atom. The van der Waals surface area contributed by atoms with E-state index < -0.39 is 11.6 Å². The predicted molar refractivity (Wildman–Crippen MR) is 70.5 cm³/mol. The zero-order chi connectivity index (χ0) is 14.4. The van der Waals surface area contributed by atoms with Gasteiger partial charge in [-0.05, 0) is 30.0 Å². The van der Waals surface area contributed by atoms with Crippen LogP contribution in [0.3, 0.4) is 0 Å². The van der Waals surface area contributed by atoms with Crippen molar-refractivity contribution in [1.29, 1.82) is 0 Å². The highest BCUT2D eigenvalue weighted by Gasteiger charge is 2.10. The Morgan fingerprint density at radius 3 is 2.58 bits per heavy atom. The van der Waals surface area contributed by atoms with Crippen LogP contribution in [-0.4, -0.2) is 18.5 Å². The number of nitrogens with one attached hydrogen (secondary N) is 1. The van der Waals surface area contributed by atoms with E-state index in [-0.39, 0.29) is 18.4 Å². The molecule has 0 fully saturated rings. The number of carbonyl (C=O) groups excluding carboxylic acids is 1. The van der Waals surface area contributed by atoms with Gasteiger partial charge in [0.2, 0.25) is 5.91 Å². The van der Waals surface area contributed by atoms with Crippen molar-refractivity contribution in [2.24, 2.45) is 11.7 Å². The van der Waals surface area contributed by atoms with E-state index in [9.17, 15) is 13.6 Å². The molecule has 0 spiro atoms. The number of hydrogen-bond acceptors (Lipinski definition) is 2. The third kappa shape index (κ3) is 5.79. The van der Waals surface area contributed by atoms with Gasteiger partial charge in [0.05, 0.1) is 6.42 Å². The van der Waals surface area contributed by atoms with E-state index in [1.807, 2.05) is 0 Å². The first-order valence-corrected chi connectivity index (χ1v) is 6.34. The van der Waals surface area contributed by atoms with Crippen LogP contribution in [0.5, 0.6) is 0 Å². The van der Waals surface area contributed by atoms with Gasteiger partial charge in [0.1, 0.15) is 0 Å². The second-order valence-corrected chi connectivity index (χ2v) is 5.12. The van der Waals surface area contributed by atoms with Gasteiger partial charge in [0.15, 0.2) is 11.6 Å². The molecule has 0 heterocycles. The molecule has 3 N–H and O–H groups in total. The molecule has 0 aliphatic carbocycles. The lowest BCUT2D eigenvalue weighted by atomic mass is 10.0. The van der Waals surface area contributed by atoms with Crippen LogP contribution in [0, 0.1) is 17.6 Å². The minimum atomic E-state index is -0.943. The number of carbonyl (C=O) groups is 1. The van der Waals surface area contributed by atoms with Crippen LogP contribution < -0.4 is 11.1 Å². The molecular formula is C14H20F2N2O. The van der Waals surface area contributed by atoms with Crippen LogP contribution >= 0.6 is 0 Å². The molecule has 1 rings (SSSR count). The van der Waals surface area contributed by atoms with Gasteiger partial charge in [-0.25, -0.2) is 8.78 Å². The minimum Gasteiger partial charge on any atom is -0.354 e. The summed E-state index contributed by atoms with van der Waals surface area (Å²) >= 11 is 0. The summed E-state index contributed by atoms with van der Waals surface area (Å²) in [7, 11) is 0. The van der Waals surface area contributed by atoms with Crippen molar-refractivity contribution in [2.45, 2.75) is 32.7 Å². The second kappa shape index (κ2) is 7.19. The minimum absolute atomic E-state index is 0.0194. The number of halogens is 2. The topological polar surface area (TPSA) is 55.1 Å². The fourth-order valence-electron chi connectivity index (χ4n) is 1.83. The van der Waals surface area contributed by atoms with Crippen molar-refractivity contribution >= 4 is 5.91 Å². The molecule has 0 aliphatic rings. The lowest BCUT2D eigenvalue weighted by Gasteiger charge is -2.14. The molecule has 0 aromatic heterocycles. The molecule has 1 atom stereocenters. The monoisotopic (exact) mass is 270 g/mol. The van der Waals surface area contributed by atoms with Crippen molar-refractivity contribution in [3.05, 3.63) is 35.4 Å². The van der Waals surface area contributed by atoms with Crippen molar-refractivity contribution in [1.82, 2.24) is 5.32 Å². The van der Waals surface area contributed by atoms with E-state index >= 15 is 0 Å². The number of benzene rings is 1. The number of hydrogen-bond donors (Lipinski definition) is 2. The number of amides is 1. The third-order valence-corrected chi connectivity index (χ3v) is 2.68. The maximum Gasteiger partial charge on any atom is 0.224 e. The molecule has 0 radical (unpaired) electrons. The molecule has 0 aliphatic heterocycles. The van der Waals surface area contributed by atoms with Crippen LogP contribution in [0.2, 0.25) is 0 Å². The Morgan fingerprint density at radius 1 is 1.32 bits per heavy atom. The molecule has 3 nitrogen and oxygen atoms in total. The largest absolute Gasteiger partial charge is 0.354 e. The Balaban J connectivity index is 2.40. The van der Waals surface area contributed by atoms with Gasteiger partial charge in [-0.2, -0.15) is 0 Å². The maximum absolute atomic E-state index is 13.0. The van der Waals surface area contributed by atoms with Crippen molar-refractivity contribution in [3.8, 4) is 0 Å². The summed E-state index contributed by atoms with van der Waals surface area (Å²) in [6.07, 6.45) is 0.844. The average molecular weight is 270 g/mol. The smallest absolute Gasteiger partial charge is 0.224 e. The molecule has 1 unspecified atom stereocenters. The van der Waals surface area contributed by atoms with Crippen LogP contribution in [0.25, 0.3) is 0 Å². The van der Waals surface area contributed by atoms with Gasteiger partial charge in [-0.3, -0.25) is 4.79 Å². The molecule has 1 amide bonds. The molecule has 0 saturated carbocycles. The molecule has 106 valence electrons. The normalized spacial score (nSPS) is 12.5. The highest BCUT2D eigenvalue weighted by Crippen LogP contribution is 2.09. The van der Waals surface area contributed by atoms with E-state index in [0.29, 0.717) is 18.0 Å². The molecule has 1 aromatic carbocycles. The predicted octanol–water partition coefficient (Wildman–Crippen LogP) is 2.00. The zero-order valence-corrected chi connectivity index (χ0v) is 11.2. The van der Waals surface area contributed by atoms with E-state index in [2.05, 4.69) is 19.2 Å². The molecular weight excluding hydrogens is 250 g/mol. The average Bonchev–Trinajstić information content (AvgIpc) is 2.30. The van der Waals surface area contributed by atoms with E-state index in [1.165, 1.54) is 6.07 Å². The van der Waals surface area contributed by atoms with Crippen LogP contribution in [-0.2, 0) is 11.2 Å². The van der Waals surface area contributed by atoms with Crippen LogP contribution in [0.1, 0.15) is 25.8 Å². The van der Waals surface area contributed by atoms with Crippen LogP contribution in [0.4, 0.5) is 8.78 Å². The van der Waals surface area contributed by atoms with E-state index in [4.69, 9.17) is 5.73 Å². The fraction of sp³-hybridized carbons (Fsp3) is 0.500. The Kier molecular flexibility index (Phi) is 5.89. The highest BCUT2D eigenvalue weighted by molar-refractivity contribution is 5.78. The summed E-state index contributed by atoms with van der Waals surface area (Å²) in [6, 6.07) is 3.35. The van der Waals surface area contributed by atoms with E-state index in [0.717, 1.165) is 18.6 Å². The number of nitrogens with two attached hydrogens (primary N) is 1. The standard InChI is InChI=1S/C14H20F2N2O/c1-9(2)5-11(17)8-18-14(19)7-10-3-4-12(15)13(16)6-10/h3-4,6,9,11H,5,7-8,17H2,1-2H3,(H,18,19). The van der Waals surface area contributed by atoms with Crippen molar-refractivity contribution in [2.75, 3.05) is 6.54 Å². The first-order valence-electron chi connectivity index (χ1n) is 6.34.